The number of amides is 1. The molecule has 0 unspecified atom stereocenters. The van der Waals surface area contributed by atoms with Gasteiger partial charge in [0.05, 0.1) is 13.0 Å². The van der Waals surface area contributed by atoms with Crippen LogP contribution in [0, 0.1) is 5.92 Å². The summed E-state index contributed by atoms with van der Waals surface area (Å²) in [5.41, 5.74) is 1.20. The van der Waals surface area contributed by atoms with E-state index in [0.717, 1.165) is 31.4 Å². The number of halogens is 1. The molecule has 1 amide bonds. The Balaban J connectivity index is 1.59. The van der Waals surface area contributed by atoms with Crippen LogP contribution in [0.15, 0.2) is 36.8 Å². The van der Waals surface area contributed by atoms with Crippen molar-refractivity contribution in [3.05, 3.63) is 47.5 Å². The zero-order chi connectivity index (χ0) is 17.8. The first-order valence-corrected chi connectivity index (χ1v) is 8.63. The van der Waals surface area contributed by atoms with E-state index in [0.29, 0.717) is 10.7 Å². The highest BCUT2D eigenvalue weighted by Crippen LogP contribution is 2.25. The Morgan fingerprint density at radius 3 is 2.72 bits per heavy atom. The molecule has 0 saturated heterocycles. The number of carbonyl (C=O) groups is 2. The smallest absolute Gasteiger partial charge is 0.308 e. The van der Waals surface area contributed by atoms with Crippen molar-refractivity contribution >= 4 is 23.5 Å². The number of hydrogen-bond acceptors (Lipinski definition) is 4. The summed E-state index contributed by atoms with van der Waals surface area (Å²) in [5.74, 6) is -0.424. The summed E-state index contributed by atoms with van der Waals surface area (Å²) in [5, 5.41) is 3.62. The Morgan fingerprint density at radius 1 is 1.28 bits per heavy atom. The van der Waals surface area contributed by atoms with Crippen LogP contribution in [0.1, 0.15) is 36.2 Å². The van der Waals surface area contributed by atoms with E-state index in [1.54, 1.807) is 29.2 Å². The van der Waals surface area contributed by atoms with Crippen LogP contribution < -0.4 is 5.32 Å². The lowest BCUT2D eigenvalue weighted by Crippen LogP contribution is -2.39. The summed E-state index contributed by atoms with van der Waals surface area (Å²) in [4.78, 5) is 28.1. The SMILES string of the molecule is COC(=O)C1CCC(NC(=O)c2cn(-c3cccc(Cl)c3)cn2)CC1. The molecular formula is C18H20ClN3O3. The number of nitrogens with zero attached hydrogens (tertiary/aromatic N) is 2. The van der Waals surface area contributed by atoms with Gasteiger partial charge in [0.1, 0.15) is 12.0 Å². The van der Waals surface area contributed by atoms with Crippen LogP contribution in [0.3, 0.4) is 0 Å². The highest BCUT2D eigenvalue weighted by Gasteiger charge is 2.28. The number of ether oxygens (including phenoxy) is 1. The van der Waals surface area contributed by atoms with Crippen molar-refractivity contribution in [1.29, 1.82) is 0 Å². The lowest BCUT2D eigenvalue weighted by Gasteiger charge is -2.27. The fraction of sp³-hybridized carbons (Fsp3) is 0.389. The Bertz CT molecular complexity index is 766. The second-order valence-electron chi connectivity index (χ2n) is 6.19. The Labute approximate surface area is 151 Å². The number of esters is 1. The molecule has 1 aromatic heterocycles. The van der Waals surface area contributed by atoms with E-state index in [1.807, 2.05) is 12.1 Å². The van der Waals surface area contributed by atoms with Gasteiger partial charge in [0.15, 0.2) is 0 Å². The van der Waals surface area contributed by atoms with Crippen LogP contribution in [-0.2, 0) is 9.53 Å². The second-order valence-corrected chi connectivity index (χ2v) is 6.63. The highest BCUT2D eigenvalue weighted by molar-refractivity contribution is 6.30. The predicted molar refractivity (Wildman–Crippen MR) is 93.8 cm³/mol. The van der Waals surface area contributed by atoms with Gasteiger partial charge in [-0.15, -0.1) is 0 Å². The van der Waals surface area contributed by atoms with E-state index < -0.39 is 0 Å². The minimum atomic E-state index is -0.206. The third-order valence-electron chi connectivity index (χ3n) is 4.52. The van der Waals surface area contributed by atoms with Gasteiger partial charge in [0.25, 0.3) is 5.91 Å². The van der Waals surface area contributed by atoms with Crippen molar-refractivity contribution in [2.24, 2.45) is 5.92 Å². The van der Waals surface area contributed by atoms with Crippen LogP contribution in [-0.4, -0.2) is 34.6 Å². The molecule has 0 bridgehead atoms. The topological polar surface area (TPSA) is 73.2 Å². The third kappa shape index (κ3) is 4.20. The Hall–Kier alpha value is -2.34. The van der Waals surface area contributed by atoms with E-state index in [2.05, 4.69) is 10.3 Å². The molecule has 2 aromatic rings. The van der Waals surface area contributed by atoms with E-state index >= 15 is 0 Å². The molecule has 1 N–H and O–H groups in total. The fourth-order valence-electron chi connectivity index (χ4n) is 3.12. The summed E-state index contributed by atoms with van der Waals surface area (Å²) in [6, 6.07) is 7.39. The Morgan fingerprint density at radius 2 is 2.04 bits per heavy atom. The van der Waals surface area contributed by atoms with Gasteiger partial charge < -0.3 is 14.6 Å². The van der Waals surface area contributed by atoms with E-state index in [-0.39, 0.29) is 23.8 Å². The van der Waals surface area contributed by atoms with Gasteiger partial charge in [-0.2, -0.15) is 0 Å². The molecule has 1 aliphatic rings. The van der Waals surface area contributed by atoms with Crippen LogP contribution in [0.25, 0.3) is 5.69 Å². The number of rotatable bonds is 4. The largest absolute Gasteiger partial charge is 0.469 e. The van der Waals surface area contributed by atoms with Crippen molar-refractivity contribution < 1.29 is 14.3 Å². The maximum atomic E-state index is 12.4. The highest BCUT2D eigenvalue weighted by atomic mass is 35.5. The van der Waals surface area contributed by atoms with Gasteiger partial charge in [-0.3, -0.25) is 9.59 Å². The van der Waals surface area contributed by atoms with Crippen LogP contribution in [0.5, 0.6) is 0 Å². The average Bonchev–Trinajstić information content (AvgIpc) is 3.12. The lowest BCUT2D eigenvalue weighted by molar-refractivity contribution is -0.146. The lowest BCUT2D eigenvalue weighted by atomic mass is 9.86. The van der Waals surface area contributed by atoms with Crippen LogP contribution in [0.2, 0.25) is 5.02 Å². The van der Waals surface area contributed by atoms with Gasteiger partial charge in [0, 0.05) is 22.9 Å². The number of imidazole rings is 1. The number of benzene rings is 1. The molecule has 6 nitrogen and oxygen atoms in total. The molecule has 0 spiro atoms. The zero-order valence-corrected chi connectivity index (χ0v) is 14.7. The second kappa shape index (κ2) is 7.70. The van der Waals surface area contributed by atoms with Crippen molar-refractivity contribution in [2.45, 2.75) is 31.7 Å². The number of methoxy groups -OCH3 is 1. The number of hydrogen-bond donors (Lipinski definition) is 1. The van der Waals surface area contributed by atoms with Crippen molar-refractivity contribution in [2.75, 3.05) is 7.11 Å². The first-order valence-electron chi connectivity index (χ1n) is 8.25. The third-order valence-corrected chi connectivity index (χ3v) is 4.75. The fourth-order valence-corrected chi connectivity index (χ4v) is 3.30. The summed E-state index contributed by atoms with van der Waals surface area (Å²) in [7, 11) is 1.41. The minimum absolute atomic E-state index is 0.0554. The number of nitrogens with one attached hydrogen (secondary N) is 1. The molecule has 0 radical (unpaired) electrons. The standard InChI is InChI=1S/C18H20ClN3O3/c1-25-18(24)12-5-7-14(8-6-12)21-17(23)16-10-22(11-20-16)15-4-2-3-13(19)9-15/h2-4,9-12,14H,5-8H2,1H3,(H,21,23). The van der Waals surface area contributed by atoms with E-state index in [9.17, 15) is 9.59 Å². The Kier molecular flexibility index (Phi) is 5.38. The summed E-state index contributed by atoms with van der Waals surface area (Å²) in [6.45, 7) is 0. The normalized spacial score (nSPS) is 20.1. The molecule has 1 saturated carbocycles. The van der Waals surface area contributed by atoms with Gasteiger partial charge in [-0.05, 0) is 43.9 Å². The monoisotopic (exact) mass is 361 g/mol. The van der Waals surface area contributed by atoms with E-state index in [1.165, 1.54) is 7.11 Å². The van der Waals surface area contributed by atoms with Crippen LogP contribution in [0.4, 0.5) is 0 Å². The van der Waals surface area contributed by atoms with Crippen molar-refractivity contribution in [3.63, 3.8) is 0 Å². The molecule has 1 fully saturated rings. The molecule has 7 heteroatoms. The zero-order valence-electron chi connectivity index (χ0n) is 13.9. The quantitative estimate of drug-likeness (QED) is 0.849. The van der Waals surface area contributed by atoms with Crippen molar-refractivity contribution in [1.82, 2.24) is 14.9 Å². The molecule has 1 aliphatic carbocycles. The predicted octanol–water partition coefficient (Wildman–Crippen LogP) is 2.99. The van der Waals surface area contributed by atoms with Gasteiger partial charge in [0.2, 0.25) is 0 Å². The van der Waals surface area contributed by atoms with Gasteiger partial charge in [-0.25, -0.2) is 4.98 Å². The molecular weight excluding hydrogens is 342 g/mol. The first-order chi connectivity index (χ1) is 12.1. The van der Waals surface area contributed by atoms with Crippen LogP contribution >= 0.6 is 11.6 Å². The summed E-state index contributed by atoms with van der Waals surface area (Å²) >= 11 is 5.99. The number of aromatic nitrogens is 2. The maximum Gasteiger partial charge on any atom is 0.308 e. The molecule has 0 aliphatic heterocycles. The molecule has 0 atom stereocenters. The van der Waals surface area contributed by atoms with E-state index in [4.69, 9.17) is 16.3 Å². The van der Waals surface area contributed by atoms with Crippen molar-refractivity contribution in [3.8, 4) is 5.69 Å². The first kappa shape index (κ1) is 17.5. The maximum absolute atomic E-state index is 12.4. The molecule has 25 heavy (non-hydrogen) atoms. The molecule has 3 rings (SSSR count). The molecule has 1 heterocycles. The molecule has 132 valence electrons. The average molecular weight is 362 g/mol. The summed E-state index contributed by atoms with van der Waals surface area (Å²) in [6.07, 6.45) is 6.26. The summed E-state index contributed by atoms with van der Waals surface area (Å²) < 4.78 is 6.54. The van der Waals surface area contributed by atoms with Gasteiger partial charge >= 0.3 is 5.97 Å². The van der Waals surface area contributed by atoms with Gasteiger partial charge in [-0.1, -0.05) is 17.7 Å². The molecule has 1 aromatic carbocycles. The minimum Gasteiger partial charge on any atom is -0.469 e. The number of carbonyl (C=O) groups excluding carboxylic acids is 2.